The van der Waals surface area contributed by atoms with Crippen LogP contribution in [0.25, 0.3) is 11.1 Å². The maximum absolute atomic E-state index is 13.8. The monoisotopic (exact) mass is 466 g/mol. The molecular weight excluding hydrogens is 441 g/mol. The molecule has 32 heavy (non-hydrogen) atoms. The second-order valence-electron chi connectivity index (χ2n) is 7.16. The van der Waals surface area contributed by atoms with Crippen molar-refractivity contribution in [2.75, 3.05) is 0 Å². The minimum absolute atomic E-state index is 0.00264. The van der Waals surface area contributed by atoms with Crippen molar-refractivity contribution in [1.29, 1.82) is 5.26 Å². The Labute approximate surface area is 189 Å². The normalized spacial score (nSPS) is 12.6. The van der Waals surface area contributed by atoms with Gasteiger partial charge in [0.15, 0.2) is 5.78 Å². The summed E-state index contributed by atoms with van der Waals surface area (Å²) in [7, 11) is 0. The van der Waals surface area contributed by atoms with Crippen LogP contribution in [0.15, 0.2) is 48.5 Å². The molecule has 172 valence electrons. The number of nitrogens with zero attached hydrogens (tertiary/aromatic N) is 1. The first-order valence-electron chi connectivity index (χ1n) is 9.99. The third-order valence-corrected chi connectivity index (χ3v) is 4.77. The second kappa shape index (κ2) is 13.6. The number of alkyl halides is 3. The van der Waals surface area contributed by atoms with E-state index in [9.17, 15) is 18.0 Å². The number of hydrogen-bond donors (Lipinski definition) is 1. The summed E-state index contributed by atoms with van der Waals surface area (Å²) >= 11 is -0.750. The zero-order chi connectivity index (χ0) is 24.1. The molecule has 0 aromatic heterocycles. The van der Waals surface area contributed by atoms with Crippen LogP contribution in [0.5, 0.6) is 0 Å². The van der Waals surface area contributed by atoms with Crippen LogP contribution in [0.3, 0.4) is 0 Å². The highest BCUT2D eigenvalue weighted by atomic mass is 32.1. The smallest absolute Gasteiger partial charge is 0.298 e. The molecule has 0 bridgehead atoms. The molecule has 0 aliphatic heterocycles. The van der Waals surface area contributed by atoms with Gasteiger partial charge in [0.05, 0.1) is 12.1 Å². The molecule has 0 saturated heterocycles. The number of rotatable bonds is 9. The fraction of sp³-hybridized carbons (Fsp3) is 0.391. The van der Waals surface area contributed by atoms with Gasteiger partial charge in [0, 0.05) is 12.8 Å². The van der Waals surface area contributed by atoms with E-state index >= 15 is 0 Å². The fourth-order valence-corrected chi connectivity index (χ4v) is 3.17. The minimum Gasteiger partial charge on any atom is -0.298 e. The maximum atomic E-state index is 13.8. The van der Waals surface area contributed by atoms with E-state index in [2.05, 4.69) is 5.32 Å². The lowest BCUT2D eigenvalue weighted by molar-refractivity contribution is -0.160. The number of carbonyl (C=O) groups is 1. The number of nitrogens with one attached hydrogen (secondary N) is 1. The summed E-state index contributed by atoms with van der Waals surface area (Å²) in [5.74, 6) is -0.362. The molecule has 0 spiro atoms. The van der Waals surface area contributed by atoms with Gasteiger partial charge in [-0.15, -0.1) is 0 Å². The predicted octanol–water partition coefficient (Wildman–Crippen LogP) is 5.23. The number of nitriles is 1. The van der Waals surface area contributed by atoms with Crippen molar-refractivity contribution < 1.29 is 26.4 Å². The lowest BCUT2D eigenvalue weighted by Crippen LogP contribution is -2.44. The number of carbonyl (C=O) groups excluding carboxylic acids is 1. The summed E-state index contributed by atoms with van der Waals surface area (Å²) in [5, 5.41) is 11.2. The molecule has 2 atom stereocenters. The van der Waals surface area contributed by atoms with Crippen LogP contribution in [0.4, 0.5) is 13.2 Å². The van der Waals surface area contributed by atoms with Crippen molar-refractivity contribution in [3.8, 4) is 17.2 Å². The minimum atomic E-state index is -4.55. The molecule has 0 aliphatic rings. The fourth-order valence-electron chi connectivity index (χ4n) is 3.17. The highest BCUT2D eigenvalue weighted by molar-refractivity contribution is 7.51. The summed E-state index contributed by atoms with van der Waals surface area (Å²) < 4.78 is 57.9. The molecule has 0 amide bonds. The quantitative estimate of drug-likeness (QED) is 0.547. The summed E-state index contributed by atoms with van der Waals surface area (Å²) in [4.78, 5) is 12.3. The van der Waals surface area contributed by atoms with Crippen molar-refractivity contribution >= 4 is 17.4 Å². The Morgan fingerprint density at radius 1 is 1.06 bits per heavy atom. The Hall–Kier alpha value is -2.83. The second-order valence-corrected chi connectivity index (χ2v) is 7.30. The Kier molecular flexibility index (Phi) is 11.5. The van der Waals surface area contributed by atoms with Crippen LogP contribution >= 0.6 is 0 Å². The molecule has 0 aliphatic carbocycles. The molecule has 0 fully saturated rings. The summed E-state index contributed by atoms with van der Waals surface area (Å²) in [5.41, 5.74) is 2.91. The van der Waals surface area contributed by atoms with Gasteiger partial charge < -0.3 is 0 Å². The Morgan fingerprint density at radius 3 is 2.00 bits per heavy atom. The van der Waals surface area contributed by atoms with E-state index in [0.717, 1.165) is 16.7 Å². The molecule has 0 heterocycles. The lowest BCUT2D eigenvalue weighted by Gasteiger charge is -2.27. The topological polar surface area (TPSA) is 87.0 Å². The van der Waals surface area contributed by atoms with Crippen LogP contribution in [0, 0.1) is 18.3 Å². The van der Waals surface area contributed by atoms with Crippen LogP contribution < -0.4 is 5.32 Å². The molecule has 2 rings (SSSR count). The van der Waals surface area contributed by atoms with Gasteiger partial charge in [-0.2, -0.15) is 26.9 Å². The third-order valence-electron chi connectivity index (χ3n) is 4.77. The molecule has 5 nitrogen and oxygen atoms in total. The summed E-state index contributed by atoms with van der Waals surface area (Å²) in [6, 6.07) is 12.9. The van der Waals surface area contributed by atoms with Gasteiger partial charge in [-0.05, 0) is 30.0 Å². The molecule has 2 aromatic rings. The predicted molar refractivity (Wildman–Crippen MR) is 116 cm³/mol. The number of hydrogen-bond acceptors (Lipinski definition) is 5. The van der Waals surface area contributed by atoms with Crippen molar-refractivity contribution in [2.45, 2.75) is 57.8 Å². The molecule has 9 heteroatoms. The largest absolute Gasteiger partial charge is 0.407 e. The summed E-state index contributed by atoms with van der Waals surface area (Å²) in [6.07, 6.45) is -3.74. The molecule has 0 unspecified atom stereocenters. The van der Waals surface area contributed by atoms with E-state index in [1.54, 1.807) is 12.1 Å². The maximum Gasteiger partial charge on any atom is 0.407 e. The van der Waals surface area contributed by atoms with Crippen molar-refractivity contribution in [3.63, 3.8) is 0 Å². The number of halogens is 3. The van der Waals surface area contributed by atoms with Gasteiger partial charge in [0.1, 0.15) is 6.04 Å². The van der Waals surface area contributed by atoms with E-state index in [1.165, 1.54) is 12.1 Å². The van der Waals surface area contributed by atoms with Crippen molar-refractivity contribution in [1.82, 2.24) is 5.32 Å². The van der Waals surface area contributed by atoms with E-state index in [0.29, 0.717) is 6.42 Å². The zero-order valence-electron chi connectivity index (χ0n) is 17.8. The highest BCUT2D eigenvalue weighted by Crippen LogP contribution is 2.34. The van der Waals surface area contributed by atoms with Crippen LogP contribution in [0.2, 0.25) is 0 Å². The number of aryl methyl sites for hydroxylation is 1. The number of Topliss-reactive ketones (excluding diaryl/α,β-unsaturated/α-hetero) is 1. The molecule has 2 aromatic carbocycles. The first kappa shape index (κ1) is 27.2. The average molecular weight is 467 g/mol. The first-order chi connectivity index (χ1) is 15.2. The van der Waals surface area contributed by atoms with E-state index in [-0.39, 0.29) is 30.6 Å². The number of benzene rings is 2. The number of ketones is 1. The molecule has 0 radical (unpaired) electrons. The van der Waals surface area contributed by atoms with Gasteiger partial charge in [0.25, 0.3) is 0 Å². The lowest BCUT2D eigenvalue weighted by atomic mass is 9.97. The van der Waals surface area contributed by atoms with Gasteiger partial charge in [-0.1, -0.05) is 67.4 Å². The van der Waals surface area contributed by atoms with Crippen LogP contribution in [-0.2, 0) is 16.4 Å². The van der Waals surface area contributed by atoms with Crippen LogP contribution in [0.1, 0.15) is 49.8 Å². The molecule has 1 N–H and O–H groups in total. The van der Waals surface area contributed by atoms with Gasteiger partial charge in [0.2, 0.25) is 0 Å². The average Bonchev–Trinajstić information content (AvgIpc) is 2.75. The molecular formula is C23H25F3N2O3S. The SMILES string of the molecule is CCC[C@H](N[C@@H](c1ccc(-c2ccc(C)cc2)cc1)C(F)(F)F)C(=O)CCC#N.O=S=O. The standard InChI is InChI=1S/C23H25F3N2O.O2S/c1-3-5-20(21(29)6-4-15-27)28-22(23(24,25)26)19-13-11-18(12-14-19)17-9-7-16(2)8-10-17;1-3-2/h7-14,20,22,28H,3-6H2,1-2H3;/t20-,22-;/m0./s1. The van der Waals surface area contributed by atoms with Crippen molar-refractivity contribution in [3.05, 3.63) is 59.7 Å². The van der Waals surface area contributed by atoms with E-state index in [4.69, 9.17) is 13.7 Å². The van der Waals surface area contributed by atoms with Crippen LogP contribution in [-0.4, -0.2) is 26.4 Å². The van der Waals surface area contributed by atoms with E-state index < -0.39 is 29.8 Å². The third kappa shape index (κ3) is 8.73. The van der Waals surface area contributed by atoms with Gasteiger partial charge >= 0.3 is 17.7 Å². The van der Waals surface area contributed by atoms with Gasteiger partial charge in [-0.25, -0.2) is 0 Å². The first-order valence-corrected chi connectivity index (χ1v) is 10.7. The highest BCUT2D eigenvalue weighted by Gasteiger charge is 2.42. The van der Waals surface area contributed by atoms with Crippen molar-refractivity contribution in [2.24, 2.45) is 0 Å². The Bertz CT molecular complexity index is 933. The Morgan fingerprint density at radius 2 is 1.56 bits per heavy atom. The van der Waals surface area contributed by atoms with Gasteiger partial charge in [-0.3, -0.25) is 10.1 Å². The zero-order valence-corrected chi connectivity index (χ0v) is 18.6. The Balaban J connectivity index is 0.00000161. The summed E-state index contributed by atoms with van der Waals surface area (Å²) in [6.45, 7) is 3.78. The van der Waals surface area contributed by atoms with E-state index in [1.807, 2.05) is 44.2 Å². The molecule has 0 saturated carbocycles.